The second-order valence-electron chi connectivity index (χ2n) is 7.59. The topological polar surface area (TPSA) is 52.6 Å². The van der Waals surface area contributed by atoms with Crippen LogP contribution in [-0.4, -0.2) is 73.3 Å². The van der Waals surface area contributed by atoms with Crippen molar-refractivity contribution in [1.82, 2.24) is 0 Å². The van der Waals surface area contributed by atoms with Crippen LogP contribution in [0.15, 0.2) is 24.3 Å². The van der Waals surface area contributed by atoms with Crippen LogP contribution < -0.4 is 0 Å². The van der Waals surface area contributed by atoms with E-state index in [1.54, 1.807) is 6.92 Å². The molecule has 0 rings (SSSR count). The van der Waals surface area contributed by atoms with E-state index in [-0.39, 0.29) is 5.97 Å². The van der Waals surface area contributed by atoms with Crippen LogP contribution in [0.5, 0.6) is 0 Å². The van der Waals surface area contributed by atoms with Crippen LogP contribution in [0.4, 0.5) is 74.6 Å². The molecule has 21 heteroatoms. The van der Waals surface area contributed by atoms with Gasteiger partial charge in [0, 0.05) is 11.1 Å². The molecule has 0 bridgehead atoms. The Hall–Kier alpha value is -2.77. The monoisotopic (exact) mass is 632 g/mol. The van der Waals surface area contributed by atoms with Gasteiger partial charge in [0.15, 0.2) is 0 Å². The lowest BCUT2D eigenvalue weighted by Crippen LogP contribution is -2.74. The Labute approximate surface area is 212 Å². The van der Waals surface area contributed by atoms with E-state index < -0.39 is 72.2 Å². The van der Waals surface area contributed by atoms with E-state index in [2.05, 4.69) is 22.6 Å². The summed E-state index contributed by atoms with van der Waals surface area (Å²) in [6.45, 7) is 6.67. The van der Waals surface area contributed by atoms with Crippen LogP contribution in [-0.2, 0) is 19.1 Å². The molecule has 0 heterocycles. The average Bonchev–Trinajstić information content (AvgIpc) is 2.76. The molecule has 4 nitrogen and oxygen atoms in total. The Morgan fingerprint density at radius 2 is 0.850 bits per heavy atom. The molecule has 0 aromatic rings. The molecule has 40 heavy (non-hydrogen) atoms. The Morgan fingerprint density at radius 3 is 1.10 bits per heavy atom. The highest BCUT2D eigenvalue weighted by molar-refractivity contribution is 5.87. The van der Waals surface area contributed by atoms with Gasteiger partial charge in [-0.15, -0.1) is 0 Å². The second-order valence-corrected chi connectivity index (χ2v) is 7.59. The second kappa shape index (κ2) is 12.0. The zero-order chi connectivity index (χ0) is 33.1. The molecule has 0 aliphatic rings. The average molecular weight is 632 g/mol. The number of hydrogen-bond donors (Lipinski definition) is 0. The van der Waals surface area contributed by atoms with Crippen LogP contribution in [0.1, 0.15) is 20.3 Å². The van der Waals surface area contributed by atoms with Gasteiger partial charge in [0.05, 0.1) is 20.1 Å². The van der Waals surface area contributed by atoms with E-state index in [1.165, 1.54) is 7.11 Å². The van der Waals surface area contributed by atoms with Crippen LogP contribution in [0.25, 0.3) is 0 Å². The molecular formula is C19H17F17O4. The molecule has 0 fully saturated rings. The summed E-state index contributed by atoms with van der Waals surface area (Å²) in [5.41, 5.74) is -0.156. The predicted molar refractivity (Wildman–Crippen MR) is 97.9 cm³/mol. The fourth-order valence-electron chi connectivity index (χ4n) is 1.92. The molecule has 0 spiro atoms. The Morgan fingerprint density at radius 1 is 0.550 bits per heavy atom. The van der Waals surface area contributed by atoms with Gasteiger partial charge in [-0.25, -0.2) is 9.59 Å². The number of ether oxygens (including phenoxy) is 2. The molecule has 0 N–H and O–H groups in total. The minimum Gasteiger partial charge on any atom is -0.466 e. The molecule has 0 saturated carbocycles. The third kappa shape index (κ3) is 6.92. The minimum absolute atomic E-state index is 0.347. The summed E-state index contributed by atoms with van der Waals surface area (Å²) in [5.74, 6) is -58.7. The lowest BCUT2D eigenvalue weighted by atomic mass is 9.88. The first-order valence-electron chi connectivity index (χ1n) is 9.54. The number of halogens is 17. The van der Waals surface area contributed by atoms with Crippen LogP contribution in [0.3, 0.4) is 0 Å². The zero-order valence-corrected chi connectivity index (χ0v) is 19.9. The van der Waals surface area contributed by atoms with Gasteiger partial charge < -0.3 is 9.47 Å². The zero-order valence-electron chi connectivity index (χ0n) is 19.9. The number of carbonyl (C=O) groups excluding carboxylic acids is 2. The fourth-order valence-corrected chi connectivity index (χ4v) is 1.92. The normalized spacial score (nSPS) is 14.1. The van der Waals surface area contributed by atoms with Crippen LogP contribution in [0, 0.1) is 0 Å². The number of rotatable bonds is 11. The van der Waals surface area contributed by atoms with Gasteiger partial charge in [0.1, 0.15) is 0 Å². The Kier molecular flexibility index (Phi) is 11.8. The summed E-state index contributed by atoms with van der Waals surface area (Å²) >= 11 is 0. The van der Waals surface area contributed by atoms with Gasteiger partial charge in [0.25, 0.3) is 0 Å². The number of esters is 2. The van der Waals surface area contributed by atoms with Gasteiger partial charge in [0.2, 0.25) is 0 Å². The minimum atomic E-state index is -8.67. The molecule has 0 unspecified atom stereocenters. The van der Waals surface area contributed by atoms with Gasteiger partial charge in [-0.05, 0) is 13.8 Å². The number of methoxy groups -OCH3 is 1. The summed E-state index contributed by atoms with van der Waals surface area (Å²) in [6.07, 6.45) is -10.6. The van der Waals surface area contributed by atoms with Crippen LogP contribution in [0.2, 0.25) is 0 Å². The maximum atomic E-state index is 13.5. The van der Waals surface area contributed by atoms with Crippen molar-refractivity contribution in [2.24, 2.45) is 0 Å². The molecule has 236 valence electrons. The fraction of sp³-hybridized carbons (Fsp3) is 0.684. The summed E-state index contributed by atoms with van der Waals surface area (Å²) in [4.78, 5) is 21.1. The molecule has 0 aliphatic heterocycles. The molecule has 0 aromatic carbocycles. The summed E-state index contributed by atoms with van der Waals surface area (Å²) in [7, 11) is 1.33. The highest BCUT2D eigenvalue weighted by Crippen LogP contribution is 2.64. The van der Waals surface area contributed by atoms with E-state index in [0.717, 1.165) is 6.92 Å². The van der Waals surface area contributed by atoms with Crippen molar-refractivity contribution in [3.63, 3.8) is 0 Å². The highest BCUT2D eigenvalue weighted by atomic mass is 19.4. The molecule has 0 amide bonds. The number of carbonyl (C=O) groups is 2. The van der Waals surface area contributed by atoms with Gasteiger partial charge >= 0.3 is 59.6 Å². The first-order chi connectivity index (χ1) is 17.3. The quantitative estimate of drug-likeness (QED) is 0.137. The number of alkyl halides is 17. The first-order valence-corrected chi connectivity index (χ1v) is 9.54. The van der Waals surface area contributed by atoms with Crippen molar-refractivity contribution < 1.29 is 93.7 Å². The maximum absolute atomic E-state index is 13.5. The van der Waals surface area contributed by atoms with Crippen molar-refractivity contribution in [2.45, 2.75) is 67.9 Å². The van der Waals surface area contributed by atoms with E-state index in [1.807, 2.05) is 0 Å². The molecule has 0 atom stereocenters. The summed E-state index contributed by atoms with van der Waals surface area (Å²) in [6, 6.07) is 0. The lowest BCUT2D eigenvalue weighted by Gasteiger charge is -2.42. The van der Waals surface area contributed by atoms with Crippen molar-refractivity contribution in [2.75, 3.05) is 13.7 Å². The molecular weight excluding hydrogens is 615 g/mol. The Bertz CT molecular complexity index is 951. The summed E-state index contributed by atoms with van der Waals surface area (Å²) in [5, 5.41) is 0. The Balaban J connectivity index is 0. The van der Waals surface area contributed by atoms with Crippen molar-refractivity contribution in [1.29, 1.82) is 0 Å². The van der Waals surface area contributed by atoms with Crippen molar-refractivity contribution in [3.8, 4) is 0 Å². The van der Waals surface area contributed by atoms with Gasteiger partial charge in [-0.3, -0.25) is 0 Å². The van der Waals surface area contributed by atoms with Crippen molar-refractivity contribution >= 4 is 11.9 Å². The highest BCUT2D eigenvalue weighted by Gasteiger charge is 2.95. The van der Waals surface area contributed by atoms with E-state index >= 15 is 0 Å². The van der Waals surface area contributed by atoms with E-state index in [9.17, 15) is 84.2 Å². The third-order valence-corrected chi connectivity index (χ3v) is 4.32. The first kappa shape index (κ1) is 39.4. The SMILES string of the molecule is C=C(C)C(=O)OC.C=C(C)C(=O)OCCC(F)(F)C(F)(F)C(F)(F)C(F)(F)C(F)(F)C(F)(F)C(F)(F)C(F)(F)F. The van der Waals surface area contributed by atoms with Crippen LogP contribution >= 0.6 is 0 Å². The predicted octanol–water partition coefficient (Wildman–Crippen LogP) is 7.24. The molecule has 0 aliphatic carbocycles. The molecule has 0 radical (unpaired) electrons. The molecule has 0 aromatic heterocycles. The van der Waals surface area contributed by atoms with E-state index in [4.69, 9.17) is 0 Å². The lowest BCUT2D eigenvalue weighted by molar-refractivity contribution is -0.461. The third-order valence-electron chi connectivity index (χ3n) is 4.32. The standard InChI is InChI=1S/C14H9F17O2.C5H8O2/c1-5(2)6(32)33-4-3-7(15,16)8(17,18)9(19,20)10(21,22)11(23,24)12(25,26)13(27,28)14(29,30)31;1-4(2)5(6)7-3/h1,3-4H2,2H3;1H2,2-3H3. The van der Waals surface area contributed by atoms with Crippen molar-refractivity contribution in [3.05, 3.63) is 24.3 Å². The number of hydrogen-bond acceptors (Lipinski definition) is 4. The smallest absolute Gasteiger partial charge is 0.460 e. The van der Waals surface area contributed by atoms with E-state index in [0.29, 0.717) is 5.57 Å². The van der Waals surface area contributed by atoms with Gasteiger partial charge in [-0.2, -0.15) is 74.6 Å². The largest absolute Gasteiger partial charge is 0.466 e. The maximum Gasteiger partial charge on any atom is 0.460 e. The van der Waals surface area contributed by atoms with Gasteiger partial charge in [-0.1, -0.05) is 13.2 Å². The summed E-state index contributed by atoms with van der Waals surface area (Å²) < 4.78 is 229. The molecule has 0 saturated heterocycles.